The number of benzene rings is 1. The minimum Gasteiger partial charge on any atom is -0.258 e. The van der Waals surface area contributed by atoms with Crippen molar-refractivity contribution in [2.24, 2.45) is 0 Å². The maximum absolute atomic E-state index is 10.6. The maximum atomic E-state index is 10.6. The van der Waals surface area contributed by atoms with Gasteiger partial charge in [0, 0.05) is 11.6 Å². The van der Waals surface area contributed by atoms with Gasteiger partial charge in [0.1, 0.15) is 0 Å². The highest BCUT2D eigenvalue weighted by atomic mass is 16.6. The molecule has 0 saturated heterocycles. The summed E-state index contributed by atoms with van der Waals surface area (Å²) in [7, 11) is 0. The molecule has 1 aromatic carbocycles. The van der Waals surface area contributed by atoms with E-state index in [4.69, 9.17) is 0 Å². The molecule has 0 unspecified atom stereocenters. The first-order valence-corrected chi connectivity index (χ1v) is 4.08. The highest BCUT2D eigenvalue weighted by molar-refractivity contribution is 5.49. The summed E-state index contributed by atoms with van der Waals surface area (Å²) in [6, 6.07) is 5.15. The standard InChI is InChI=1S/C10H12NO2/c1-7(2)9-5-4-6-10(8(9)3)11(12)13/h4-6H,1-3H3. The molecule has 0 bridgehead atoms. The Morgan fingerprint density at radius 3 is 2.46 bits per heavy atom. The largest absolute Gasteiger partial charge is 0.272 e. The van der Waals surface area contributed by atoms with Crippen LogP contribution >= 0.6 is 0 Å². The molecule has 1 aromatic rings. The summed E-state index contributed by atoms with van der Waals surface area (Å²) >= 11 is 0. The van der Waals surface area contributed by atoms with E-state index in [1.165, 1.54) is 6.07 Å². The summed E-state index contributed by atoms with van der Waals surface area (Å²) in [5.74, 6) is 1.10. The zero-order chi connectivity index (χ0) is 10.0. The third-order valence-electron chi connectivity index (χ3n) is 2.04. The smallest absolute Gasteiger partial charge is 0.258 e. The molecule has 3 nitrogen and oxygen atoms in total. The molecule has 0 heterocycles. The highest BCUT2D eigenvalue weighted by Gasteiger charge is 2.14. The molecule has 1 rings (SSSR count). The molecular weight excluding hydrogens is 166 g/mol. The van der Waals surface area contributed by atoms with E-state index in [1.54, 1.807) is 13.0 Å². The fourth-order valence-electron chi connectivity index (χ4n) is 1.36. The van der Waals surface area contributed by atoms with Gasteiger partial charge in [0.25, 0.3) is 5.69 Å². The summed E-state index contributed by atoms with van der Waals surface area (Å²) in [6.07, 6.45) is 0. The van der Waals surface area contributed by atoms with Crippen molar-refractivity contribution in [1.82, 2.24) is 0 Å². The van der Waals surface area contributed by atoms with Gasteiger partial charge in [-0.05, 0) is 18.4 Å². The summed E-state index contributed by atoms with van der Waals surface area (Å²) in [4.78, 5) is 10.2. The van der Waals surface area contributed by atoms with Crippen LogP contribution in [0.1, 0.15) is 25.0 Å². The fourth-order valence-corrected chi connectivity index (χ4v) is 1.36. The van der Waals surface area contributed by atoms with Crippen molar-refractivity contribution < 1.29 is 4.92 Å². The Balaban J connectivity index is 3.26. The lowest BCUT2D eigenvalue weighted by molar-refractivity contribution is -0.385. The lowest BCUT2D eigenvalue weighted by Gasteiger charge is -2.08. The fraction of sp³-hybridized carbons (Fsp3) is 0.300. The van der Waals surface area contributed by atoms with Gasteiger partial charge in [-0.1, -0.05) is 26.0 Å². The van der Waals surface area contributed by atoms with Gasteiger partial charge in [-0.25, -0.2) is 0 Å². The van der Waals surface area contributed by atoms with Gasteiger partial charge in [0.2, 0.25) is 0 Å². The van der Waals surface area contributed by atoms with Crippen LogP contribution in [-0.2, 0) is 0 Å². The van der Waals surface area contributed by atoms with Crippen LogP contribution in [-0.4, -0.2) is 4.92 Å². The van der Waals surface area contributed by atoms with Crippen molar-refractivity contribution in [3.05, 3.63) is 45.4 Å². The lowest BCUT2D eigenvalue weighted by atomic mass is 9.97. The quantitative estimate of drug-likeness (QED) is 0.516. The normalized spacial score (nSPS) is 10.5. The number of rotatable bonds is 2. The SMILES string of the molecule is C[C](C)c1cccc([N+](=O)[O-])c1C. The molecule has 13 heavy (non-hydrogen) atoms. The highest BCUT2D eigenvalue weighted by Crippen LogP contribution is 2.25. The van der Waals surface area contributed by atoms with Crippen molar-refractivity contribution in [1.29, 1.82) is 0 Å². The molecule has 0 aliphatic carbocycles. The van der Waals surface area contributed by atoms with E-state index >= 15 is 0 Å². The van der Waals surface area contributed by atoms with Crippen LogP contribution in [0, 0.1) is 23.0 Å². The van der Waals surface area contributed by atoms with Crippen LogP contribution in [0.3, 0.4) is 0 Å². The first kappa shape index (κ1) is 9.71. The number of hydrogen-bond donors (Lipinski definition) is 0. The zero-order valence-electron chi connectivity index (χ0n) is 8.00. The van der Waals surface area contributed by atoms with E-state index in [1.807, 2.05) is 19.9 Å². The van der Waals surface area contributed by atoms with Crippen molar-refractivity contribution >= 4 is 5.69 Å². The van der Waals surface area contributed by atoms with Crippen LogP contribution in [0.4, 0.5) is 5.69 Å². The minimum absolute atomic E-state index is 0.193. The Kier molecular flexibility index (Phi) is 2.66. The van der Waals surface area contributed by atoms with Crippen LogP contribution in [0.5, 0.6) is 0 Å². The first-order valence-electron chi connectivity index (χ1n) is 4.08. The number of nitrogens with zero attached hydrogens (tertiary/aromatic N) is 1. The molecule has 0 atom stereocenters. The van der Waals surface area contributed by atoms with Crippen molar-refractivity contribution in [2.75, 3.05) is 0 Å². The molecule has 0 spiro atoms. The predicted octanol–water partition coefficient (Wildman–Crippen LogP) is 2.87. The van der Waals surface area contributed by atoms with Gasteiger partial charge < -0.3 is 0 Å². The monoisotopic (exact) mass is 178 g/mol. The topological polar surface area (TPSA) is 43.1 Å². The molecular formula is C10H12NO2. The molecule has 0 fully saturated rings. The van der Waals surface area contributed by atoms with E-state index in [9.17, 15) is 10.1 Å². The van der Waals surface area contributed by atoms with Gasteiger partial charge in [-0.15, -0.1) is 0 Å². The summed E-state index contributed by atoms with van der Waals surface area (Å²) in [5, 5.41) is 10.6. The molecule has 3 heteroatoms. The van der Waals surface area contributed by atoms with E-state index in [2.05, 4.69) is 0 Å². The summed E-state index contributed by atoms with van der Waals surface area (Å²) in [6.45, 7) is 5.68. The third-order valence-corrected chi connectivity index (χ3v) is 2.04. The Hall–Kier alpha value is -1.38. The van der Waals surface area contributed by atoms with Gasteiger partial charge >= 0.3 is 0 Å². The van der Waals surface area contributed by atoms with Crippen LogP contribution in [0.25, 0.3) is 0 Å². The maximum Gasteiger partial charge on any atom is 0.272 e. The van der Waals surface area contributed by atoms with Crippen LogP contribution in [0.2, 0.25) is 0 Å². The molecule has 69 valence electrons. The Bertz CT molecular complexity index is 332. The second kappa shape index (κ2) is 3.56. The summed E-state index contributed by atoms with van der Waals surface area (Å²) < 4.78 is 0. The molecule has 0 N–H and O–H groups in total. The molecule has 0 aromatic heterocycles. The van der Waals surface area contributed by atoms with Crippen molar-refractivity contribution in [3.8, 4) is 0 Å². The summed E-state index contributed by atoms with van der Waals surface area (Å²) in [5.41, 5.74) is 1.90. The van der Waals surface area contributed by atoms with Crippen LogP contribution < -0.4 is 0 Å². The zero-order valence-corrected chi connectivity index (χ0v) is 8.00. The second-order valence-corrected chi connectivity index (χ2v) is 3.21. The minimum atomic E-state index is -0.345. The Labute approximate surface area is 77.5 Å². The molecule has 0 saturated carbocycles. The molecule has 0 amide bonds. The van der Waals surface area contributed by atoms with Gasteiger partial charge in [-0.2, -0.15) is 0 Å². The molecule has 1 radical (unpaired) electrons. The lowest BCUT2D eigenvalue weighted by Crippen LogP contribution is -1.97. The number of nitro benzene ring substituents is 1. The Morgan fingerprint density at radius 1 is 1.38 bits per heavy atom. The molecule has 0 aliphatic heterocycles. The number of nitro groups is 1. The van der Waals surface area contributed by atoms with E-state index in [0.717, 1.165) is 17.0 Å². The average molecular weight is 178 g/mol. The van der Waals surface area contributed by atoms with Crippen molar-refractivity contribution in [2.45, 2.75) is 20.8 Å². The number of hydrogen-bond acceptors (Lipinski definition) is 2. The molecule has 0 aliphatic rings. The van der Waals surface area contributed by atoms with Gasteiger partial charge in [-0.3, -0.25) is 10.1 Å². The average Bonchev–Trinajstić information content (AvgIpc) is 2.03. The third kappa shape index (κ3) is 1.86. The first-order chi connectivity index (χ1) is 6.04. The van der Waals surface area contributed by atoms with Gasteiger partial charge in [0.15, 0.2) is 0 Å². The predicted molar refractivity (Wildman–Crippen MR) is 51.5 cm³/mol. The van der Waals surface area contributed by atoms with Crippen molar-refractivity contribution in [3.63, 3.8) is 0 Å². The van der Waals surface area contributed by atoms with E-state index in [0.29, 0.717) is 0 Å². The van der Waals surface area contributed by atoms with Crippen LogP contribution in [0.15, 0.2) is 18.2 Å². The second-order valence-electron chi connectivity index (χ2n) is 3.21. The van der Waals surface area contributed by atoms with E-state index in [-0.39, 0.29) is 10.6 Å². The Morgan fingerprint density at radius 2 is 2.00 bits per heavy atom. The van der Waals surface area contributed by atoms with Gasteiger partial charge in [0.05, 0.1) is 4.92 Å². The van der Waals surface area contributed by atoms with E-state index < -0.39 is 0 Å².